The Bertz CT molecular complexity index is 584. The molecule has 1 aromatic rings. The minimum Gasteiger partial charge on any atom is -0.497 e. The summed E-state index contributed by atoms with van der Waals surface area (Å²) in [6.07, 6.45) is 0. The highest BCUT2D eigenvalue weighted by molar-refractivity contribution is 5.94. The van der Waals surface area contributed by atoms with E-state index in [2.05, 4.69) is 10.2 Å². The number of carbonyl (C=O) groups excluding carboxylic acids is 1. The molecular formula is C14H17N3O4. The van der Waals surface area contributed by atoms with Crippen molar-refractivity contribution in [2.75, 3.05) is 20.3 Å². The van der Waals surface area contributed by atoms with Crippen LogP contribution in [0.25, 0.3) is 0 Å². The van der Waals surface area contributed by atoms with Crippen LogP contribution in [-0.2, 0) is 9.47 Å². The van der Waals surface area contributed by atoms with Gasteiger partial charge in [0.1, 0.15) is 5.75 Å². The van der Waals surface area contributed by atoms with Crippen molar-refractivity contribution < 1.29 is 19.0 Å². The standard InChI is InChI=1S/C14H17N3O4/c1-13(2)15-16-14(21-13)17(8-9-20-14)12(18)10-4-6-11(19-3)7-5-10/h4-7H,8-9H2,1-3H3. The molecule has 0 bridgehead atoms. The van der Waals surface area contributed by atoms with Crippen LogP contribution in [0.5, 0.6) is 5.75 Å². The second-order valence-corrected chi connectivity index (χ2v) is 5.33. The number of nitrogens with zero attached hydrogens (tertiary/aromatic N) is 3. The van der Waals surface area contributed by atoms with Crippen LogP contribution < -0.4 is 4.74 Å². The predicted octanol–water partition coefficient (Wildman–Crippen LogP) is 2.00. The van der Waals surface area contributed by atoms with Crippen molar-refractivity contribution in [3.8, 4) is 5.75 Å². The van der Waals surface area contributed by atoms with E-state index >= 15 is 0 Å². The summed E-state index contributed by atoms with van der Waals surface area (Å²) in [5.74, 6) is 0.476. The van der Waals surface area contributed by atoms with Crippen molar-refractivity contribution in [3.05, 3.63) is 29.8 Å². The van der Waals surface area contributed by atoms with Crippen molar-refractivity contribution in [1.82, 2.24) is 4.90 Å². The van der Waals surface area contributed by atoms with E-state index in [-0.39, 0.29) is 5.91 Å². The zero-order valence-electron chi connectivity index (χ0n) is 12.2. The lowest BCUT2D eigenvalue weighted by atomic mass is 10.2. The molecule has 0 aromatic heterocycles. The van der Waals surface area contributed by atoms with Gasteiger partial charge in [0.15, 0.2) is 5.72 Å². The molecule has 0 saturated carbocycles. The van der Waals surface area contributed by atoms with Crippen molar-refractivity contribution in [3.63, 3.8) is 0 Å². The average molecular weight is 291 g/mol. The number of amides is 1. The van der Waals surface area contributed by atoms with Crippen LogP contribution in [0.1, 0.15) is 24.2 Å². The van der Waals surface area contributed by atoms with E-state index in [1.165, 1.54) is 4.90 Å². The van der Waals surface area contributed by atoms with Crippen molar-refractivity contribution in [1.29, 1.82) is 0 Å². The molecule has 1 amide bonds. The number of carbonyl (C=O) groups is 1. The molecular weight excluding hydrogens is 274 g/mol. The minimum absolute atomic E-state index is 0.216. The van der Waals surface area contributed by atoms with Crippen LogP contribution in [0.4, 0.5) is 0 Å². The van der Waals surface area contributed by atoms with Crippen LogP contribution in [-0.4, -0.2) is 42.8 Å². The summed E-state index contributed by atoms with van der Waals surface area (Å²) in [5.41, 5.74) is -0.285. The summed E-state index contributed by atoms with van der Waals surface area (Å²) >= 11 is 0. The molecule has 7 nitrogen and oxygen atoms in total. The number of azo groups is 1. The fourth-order valence-corrected chi connectivity index (χ4v) is 2.33. The van der Waals surface area contributed by atoms with Crippen molar-refractivity contribution in [2.24, 2.45) is 10.2 Å². The molecule has 2 aliphatic heterocycles. The molecule has 1 aromatic carbocycles. The van der Waals surface area contributed by atoms with Gasteiger partial charge in [-0.15, -0.1) is 5.11 Å². The summed E-state index contributed by atoms with van der Waals surface area (Å²) in [7, 11) is 1.58. The number of benzene rings is 1. The van der Waals surface area contributed by atoms with Gasteiger partial charge in [-0.25, -0.2) is 0 Å². The third-order valence-corrected chi connectivity index (χ3v) is 3.33. The summed E-state index contributed by atoms with van der Waals surface area (Å²) in [6.45, 7) is 4.29. The molecule has 2 heterocycles. The highest BCUT2D eigenvalue weighted by atomic mass is 16.8. The van der Waals surface area contributed by atoms with Gasteiger partial charge in [0.25, 0.3) is 5.91 Å². The number of hydrogen-bond acceptors (Lipinski definition) is 6. The first-order valence-corrected chi connectivity index (χ1v) is 6.70. The van der Waals surface area contributed by atoms with E-state index in [1.54, 1.807) is 45.2 Å². The highest BCUT2D eigenvalue weighted by Crippen LogP contribution is 2.38. The molecule has 0 aliphatic carbocycles. The molecule has 1 spiro atoms. The average Bonchev–Trinajstić information content (AvgIpc) is 3.01. The van der Waals surface area contributed by atoms with Gasteiger partial charge in [-0.05, 0) is 38.1 Å². The molecule has 0 radical (unpaired) electrons. The number of ether oxygens (including phenoxy) is 3. The fourth-order valence-electron chi connectivity index (χ4n) is 2.33. The molecule has 7 heteroatoms. The maximum atomic E-state index is 12.6. The quantitative estimate of drug-likeness (QED) is 0.835. The Kier molecular flexibility index (Phi) is 3.18. The molecule has 1 fully saturated rings. The Morgan fingerprint density at radius 2 is 2.00 bits per heavy atom. The maximum absolute atomic E-state index is 12.6. The zero-order chi connectivity index (χ0) is 15.1. The van der Waals surface area contributed by atoms with Gasteiger partial charge in [0.05, 0.1) is 20.3 Å². The van der Waals surface area contributed by atoms with Gasteiger partial charge >= 0.3 is 6.03 Å². The normalized spacial score (nSPS) is 26.5. The Balaban J connectivity index is 1.85. The molecule has 1 saturated heterocycles. The molecule has 1 unspecified atom stereocenters. The topological polar surface area (TPSA) is 72.7 Å². The van der Waals surface area contributed by atoms with Gasteiger partial charge in [0, 0.05) is 5.56 Å². The maximum Gasteiger partial charge on any atom is 0.383 e. The van der Waals surface area contributed by atoms with Gasteiger partial charge in [-0.1, -0.05) is 0 Å². The molecule has 2 aliphatic rings. The van der Waals surface area contributed by atoms with Crippen LogP contribution in [0.15, 0.2) is 34.5 Å². The SMILES string of the molecule is COc1ccc(C(=O)N2CCOC23N=NC(C)(C)O3)cc1. The zero-order valence-corrected chi connectivity index (χ0v) is 12.2. The number of rotatable bonds is 2. The lowest BCUT2D eigenvalue weighted by Crippen LogP contribution is -2.49. The smallest absolute Gasteiger partial charge is 0.383 e. The second-order valence-electron chi connectivity index (χ2n) is 5.33. The molecule has 21 heavy (non-hydrogen) atoms. The highest BCUT2D eigenvalue weighted by Gasteiger charge is 2.54. The largest absolute Gasteiger partial charge is 0.497 e. The number of hydrogen-bond donors (Lipinski definition) is 0. The second kappa shape index (κ2) is 4.78. The first-order valence-electron chi connectivity index (χ1n) is 6.70. The van der Waals surface area contributed by atoms with Crippen LogP contribution >= 0.6 is 0 Å². The van der Waals surface area contributed by atoms with Crippen LogP contribution in [0.2, 0.25) is 0 Å². The third kappa shape index (κ3) is 2.38. The van der Waals surface area contributed by atoms with Crippen LogP contribution in [0.3, 0.4) is 0 Å². The first-order chi connectivity index (χ1) is 9.96. The van der Waals surface area contributed by atoms with Gasteiger partial charge in [0.2, 0.25) is 0 Å². The van der Waals surface area contributed by atoms with Gasteiger partial charge in [-0.3, -0.25) is 14.4 Å². The van der Waals surface area contributed by atoms with Gasteiger partial charge < -0.3 is 9.47 Å². The lowest BCUT2D eigenvalue weighted by molar-refractivity contribution is -0.274. The summed E-state index contributed by atoms with van der Waals surface area (Å²) in [6, 6.07) is 5.44. The number of methoxy groups -OCH3 is 1. The Morgan fingerprint density at radius 1 is 1.29 bits per heavy atom. The Labute approximate surface area is 122 Å². The van der Waals surface area contributed by atoms with E-state index in [4.69, 9.17) is 14.2 Å². The Hall–Kier alpha value is -1.99. The molecule has 1 atom stereocenters. The van der Waals surface area contributed by atoms with Gasteiger partial charge in [-0.2, -0.15) is 5.11 Å². The molecule has 112 valence electrons. The summed E-state index contributed by atoms with van der Waals surface area (Å²) < 4.78 is 16.3. The van der Waals surface area contributed by atoms with E-state index in [0.29, 0.717) is 24.5 Å². The molecule has 3 rings (SSSR count). The summed E-state index contributed by atoms with van der Waals surface area (Å²) in [4.78, 5) is 14.1. The monoisotopic (exact) mass is 291 g/mol. The van der Waals surface area contributed by atoms with Crippen molar-refractivity contribution in [2.45, 2.75) is 25.6 Å². The first kappa shape index (κ1) is 14.0. The fraction of sp³-hybridized carbons (Fsp3) is 0.500. The predicted molar refractivity (Wildman–Crippen MR) is 72.7 cm³/mol. The van der Waals surface area contributed by atoms with Crippen molar-refractivity contribution >= 4 is 5.91 Å². The van der Waals surface area contributed by atoms with E-state index < -0.39 is 11.8 Å². The Morgan fingerprint density at radius 3 is 2.57 bits per heavy atom. The third-order valence-electron chi connectivity index (χ3n) is 3.33. The van der Waals surface area contributed by atoms with Crippen LogP contribution in [0, 0.1) is 0 Å². The summed E-state index contributed by atoms with van der Waals surface area (Å²) in [5, 5.41) is 8.06. The van der Waals surface area contributed by atoms with E-state index in [9.17, 15) is 4.79 Å². The molecule has 0 N–H and O–H groups in total. The minimum atomic E-state index is -1.43. The van der Waals surface area contributed by atoms with E-state index in [1.807, 2.05) is 0 Å². The lowest BCUT2D eigenvalue weighted by Gasteiger charge is -2.30. The van der Waals surface area contributed by atoms with E-state index in [0.717, 1.165) is 0 Å².